The third-order valence-corrected chi connectivity index (χ3v) is 5.29. The Hall–Kier alpha value is -2.08. The van der Waals surface area contributed by atoms with Gasteiger partial charge in [-0.05, 0) is 24.3 Å². The maximum Gasteiger partial charge on any atom is 0.223 e. The first kappa shape index (κ1) is 17.7. The third-order valence-electron chi connectivity index (χ3n) is 4.24. The van der Waals surface area contributed by atoms with Crippen molar-refractivity contribution in [1.29, 1.82) is 0 Å². The van der Waals surface area contributed by atoms with Gasteiger partial charge in [-0.25, -0.2) is 8.78 Å². The van der Waals surface area contributed by atoms with Gasteiger partial charge in [-0.15, -0.1) is 11.8 Å². The van der Waals surface area contributed by atoms with Gasteiger partial charge in [0.05, 0.1) is 5.69 Å². The second kappa shape index (κ2) is 8.34. The smallest absolute Gasteiger partial charge is 0.223 e. The van der Waals surface area contributed by atoms with Crippen LogP contribution in [0.5, 0.6) is 0 Å². The lowest BCUT2D eigenvalue weighted by Gasteiger charge is -2.36. The van der Waals surface area contributed by atoms with Gasteiger partial charge in [-0.3, -0.25) is 4.79 Å². The average Bonchev–Trinajstić information content (AvgIpc) is 2.64. The van der Waals surface area contributed by atoms with Crippen LogP contribution in [0.25, 0.3) is 0 Å². The first-order valence-electron chi connectivity index (χ1n) is 8.30. The molecule has 3 nitrogen and oxygen atoms in total. The van der Waals surface area contributed by atoms with E-state index in [1.807, 2.05) is 11.0 Å². The highest BCUT2D eigenvalue weighted by Crippen LogP contribution is 2.23. The van der Waals surface area contributed by atoms with E-state index in [0.29, 0.717) is 48.9 Å². The Morgan fingerprint density at radius 3 is 2.24 bits per heavy atom. The summed E-state index contributed by atoms with van der Waals surface area (Å²) in [5, 5.41) is 0. The van der Waals surface area contributed by atoms with Crippen molar-refractivity contribution in [3.63, 3.8) is 0 Å². The van der Waals surface area contributed by atoms with Crippen molar-refractivity contribution in [2.75, 3.05) is 36.8 Å². The monoisotopic (exact) mass is 362 g/mol. The molecule has 0 spiro atoms. The molecule has 1 aliphatic heterocycles. The Balaban J connectivity index is 1.46. The normalized spacial score (nSPS) is 14.6. The fourth-order valence-electron chi connectivity index (χ4n) is 2.87. The summed E-state index contributed by atoms with van der Waals surface area (Å²) in [6, 6.07) is 13.3. The quantitative estimate of drug-likeness (QED) is 0.756. The standard InChI is InChI=1S/C19H20F2N2OS/c20-15-5-1-3-7-17(15)22-10-12-23(13-11-22)19(24)9-14-25-18-8-4-2-6-16(18)21/h1-8H,9-14H2. The molecule has 2 aromatic rings. The number of amides is 1. The fraction of sp³-hybridized carbons (Fsp3) is 0.316. The minimum atomic E-state index is -0.251. The third kappa shape index (κ3) is 4.51. The highest BCUT2D eigenvalue weighted by Gasteiger charge is 2.22. The van der Waals surface area contributed by atoms with Gasteiger partial charge in [0.1, 0.15) is 11.6 Å². The molecule has 1 heterocycles. The van der Waals surface area contributed by atoms with Crippen LogP contribution in [0.1, 0.15) is 6.42 Å². The molecule has 3 rings (SSSR count). The maximum absolute atomic E-state index is 13.8. The van der Waals surface area contributed by atoms with Gasteiger partial charge in [0.2, 0.25) is 5.91 Å². The molecule has 0 aliphatic carbocycles. The van der Waals surface area contributed by atoms with Gasteiger partial charge in [-0.2, -0.15) is 0 Å². The van der Waals surface area contributed by atoms with E-state index in [4.69, 9.17) is 0 Å². The number of piperazine rings is 1. The van der Waals surface area contributed by atoms with Crippen LogP contribution >= 0.6 is 11.8 Å². The number of rotatable bonds is 5. The van der Waals surface area contributed by atoms with Crippen LogP contribution in [-0.4, -0.2) is 42.7 Å². The van der Waals surface area contributed by atoms with Gasteiger partial charge in [0, 0.05) is 43.2 Å². The number of hydrogen-bond acceptors (Lipinski definition) is 3. The summed E-state index contributed by atoms with van der Waals surface area (Å²) in [7, 11) is 0. The van der Waals surface area contributed by atoms with Gasteiger partial charge in [0.25, 0.3) is 0 Å². The van der Waals surface area contributed by atoms with Crippen molar-refractivity contribution in [3.8, 4) is 0 Å². The number of carbonyl (C=O) groups is 1. The molecule has 1 aliphatic rings. The Labute approximate surface area is 150 Å². The molecule has 0 saturated carbocycles. The highest BCUT2D eigenvalue weighted by atomic mass is 32.2. The minimum Gasteiger partial charge on any atom is -0.366 e. The van der Waals surface area contributed by atoms with Crippen LogP contribution in [-0.2, 0) is 4.79 Å². The van der Waals surface area contributed by atoms with Gasteiger partial charge in [-0.1, -0.05) is 24.3 Å². The van der Waals surface area contributed by atoms with E-state index in [1.165, 1.54) is 23.9 Å². The molecule has 2 aromatic carbocycles. The van der Waals surface area contributed by atoms with Crippen molar-refractivity contribution >= 4 is 23.4 Å². The summed E-state index contributed by atoms with van der Waals surface area (Å²) in [6.45, 7) is 2.40. The summed E-state index contributed by atoms with van der Waals surface area (Å²) < 4.78 is 27.4. The van der Waals surface area contributed by atoms with E-state index >= 15 is 0 Å². The largest absolute Gasteiger partial charge is 0.366 e. The van der Waals surface area contributed by atoms with Gasteiger partial charge < -0.3 is 9.80 Å². The zero-order chi connectivity index (χ0) is 17.6. The second-order valence-electron chi connectivity index (χ2n) is 5.85. The van der Waals surface area contributed by atoms with E-state index in [-0.39, 0.29) is 17.5 Å². The SMILES string of the molecule is O=C(CCSc1ccccc1F)N1CCN(c2ccccc2F)CC1. The predicted molar refractivity (Wildman–Crippen MR) is 96.9 cm³/mol. The highest BCUT2D eigenvalue weighted by molar-refractivity contribution is 7.99. The van der Waals surface area contributed by atoms with Crippen molar-refractivity contribution in [3.05, 3.63) is 60.2 Å². The molecule has 0 atom stereocenters. The first-order valence-corrected chi connectivity index (χ1v) is 9.28. The summed E-state index contributed by atoms with van der Waals surface area (Å²) in [5.74, 6) is 0.131. The van der Waals surface area contributed by atoms with Crippen LogP contribution in [0.2, 0.25) is 0 Å². The Bertz CT molecular complexity index is 733. The number of para-hydroxylation sites is 1. The molecule has 25 heavy (non-hydrogen) atoms. The fourth-order valence-corrected chi connectivity index (χ4v) is 3.75. The molecule has 1 saturated heterocycles. The lowest BCUT2D eigenvalue weighted by molar-refractivity contribution is -0.131. The zero-order valence-corrected chi connectivity index (χ0v) is 14.6. The molecular formula is C19H20F2N2OS. The Kier molecular flexibility index (Phi) is 5.91. The van der Waals surface area contributed by atoms with Crippen molar-refractivity contribution in [1.82, 2.24) is 4.90 Å². The topological polar surface area (TPSA) is 23.6 Å². The number of benzene rings is 2. The number of nitrogens with zero attached hydrogens (tertiary/aromatic N) is 2. The average molecular weight is 362 g/mol. The minimum absolute atomic E-state index is 0.0667. The molecule has 0 bridgehead atoms. The van der Waals surface area contributed by atoms with Crippen LogP contribution in [0.15, 0.2) is 53.4 Å². The van der Waals surface area contributed by atoms with Crippen molar-refractivity contribution < 1.29 is 13.6 Å². The summed E-state index contributed by atoms with van der Waals surface area (Å²) in [6.07, 6.45) is 0.374. The number of carbonyl (C=O) groups excluding carboxylic acids is 1. The molecular weight excluding hydrogens is 342 g/mol. The zero-order valence-electron chi connectivity index (χ0n) is 13.8. The first-order chi connectivity index (χ1) is 12.1. The molecule has 0 unspecified atom stereocenters. The van der Waals surface area contributed by atoms with E-state index < -0.39 is 0 Å². The molecule has 1 amide bonds. The molecule has 1 fully saturated rings. The summed E-state index contributed by atoms with van der Waals surface area (Å²) in [4.78, 5) is 16.6. The van der Waals surface area contributed by atoms with Crippen LogP contribution in [0.4, 0.5) is 14.5 Å². The van der Waals surface area contributed by atoms with Crippen molar-refractivity contribution in [2.45, 2.75) is 11.3 Å². The second-order valence-corrected chi connectivity index (χ2v) is 6.98. The molecule has 0 N–H and O–H groups in total. The Morgan fingerprint density at radius 1 is 0.920 bits per heavy atom. The molecule has 132 valence electrons. The lowest BCUT2D eigenvalue weighted by atomic mass is 10.2. The van der Waals surface area contributed by atoms with E-state index in [0.717, 1.165) is 0 Å². The van der Waals surface area contributed by atoms with Crippen LogP contribution in [0.3, 0.4) is 0 Å². The predicted octanol–water partition coefficient (Wildman–Crippen LogP) is 3.80. The van der Waals surface area contributed by atoms with E-state index in [2.05, 4.69) is 0 Å². The summed E-state index contributed by atoms with van der Waals surface area (Å²) >= 11 is 1.36. The number of hydrogen-bond donors (Lipinski definition) is 0. The van der Waals surface area contributed by atoms with E-state index in [9.17, 15) is 13.6 Å². The maximum atomic E-state index is 13.8. The lowest BCUT2D eigenvalue weighted by Crippen LogP contribution is -2.49. The van der Waals surface area contributed by atoms with Crippen LogP contribution in [0, 0.1) is 11.6 Å². The number of thioether (sulfide) groups is 1. The number of halogens is 2. The van der Waals surface area contributed by atoms with E-state index in [1.54, 1.807) is 35.2 Å². The summed E-state index contributed by atoms with van der Waals surface area (Å²) in [5.41, 5.74) is 0.588. The molecule has 0 radical (unpaired) electrons. The number of anilines is 1. The van der Waals surface area contributed by atoms with Crippen LogP contribution < -0.4 is 4.90 Å². The molecule has 6 heteroatoms. The van der Waals surface area contributed by atoms with Crippen molar-refractivity contribution in [2.24, 2.45) is 0 Å². The molecule has 0 aromatic heterocycles. The van der Waals surface area contributed by atoms with Gasteiger partial charge >= 0.3 is 0 Å². The Morgan fingerprint density at radius 2 is 1.56 bits per heavy atom. The van der Waals surface area contributed by atoms with Gasteiger partial charge in [0.15, 0.2) is 0 Å².